The minimum Gasteiger partial charge on any atom is -0.273 e. The van der Waals surface area contributed by atoms with Crippen molar-refractivity contribution in [2.24, 2.45) is 5.10 Å². The van der Waals surface area contributed by atoms with Gasteiger partial charge in [-0.15, -0.1) is 0 Å². The molecule has 1 N–H and O–H groups in total. The number of non-ortho nitro benzene ring substituents is 1. The van der Waals surface area contributed by atoms with Gasteiger partial charge in [0.2, 0.25) is 5.91 Å². The van der Waals surface area contributed by atoms with Crippen molar-refractivity contribution in [1.29, 1.82) is 0 Å². The summed E-state index contributed by atoms with van der Waals surface area (Å²) >= 11 is 0. The standard InChI is InChI=1S/C19H29N3O3/c1-3-4-5-6-7-8-9-10-11-19(23)21-20-16(2)17-12-14-18(15-13-17)22(24)25/h12-15H,3-11H2,1-2H3,(H,21,23)/b20-16+. The van der Waals surface area contributed by atoms with Crippen LogP contribution in [0.15, 0.2) is 29.4 Å². The fraction of sp³-hybridized carbons (Fsp3) is 0.579. The molecule has 6 heteroatoms. The second-order valence-electron chi connectivity index (χ2n) is 6.26. The highest BCUT2D eigenvalue weighted by Crippen LogP contribution is 2.12. The largest absolute Gasteiger partial charge is 0.273 e. The van der Waals surface area contributed by atoms with Crippen LogP contribution in [0.1, 0.15) is 77.2 Å². The molecule has 0 aromatic heterocycles. The van der Waals surface area contributed by atoms with Gasteiger partial charge in [-0.3, -0.25) is 14.9 Å². The fourth-order valence-corrected chi connectivity index (χ4v) is 2.51. The second-order valence-corrected chi connectivity index (χ2v) is 6.26. The summed E-state index contributed by atoms with van der Waals surface area (Å²) in [7, 11) is 0. The molecule has 0 spiro atoms. The number of amides is 1. The summed E-state index contributed by atoms with van der Waals surface area (Å²) < 4.78 is 0. The van der Waals surface area contributed by atoms with Gasteiger partial charge in [-0.25, -0.2) is 5.43 Å². The van der Waals surface area contributed by atoms with E-state index in [2.05, 4.69) is 17.5 Å². The number of hydrogen-bond acceptors (Lipinski definition) is 4. The molecule has 0 aliphatic rings. The molecular weight excluding hydrogens is 318 g/mol. The van der Waals surface area contributed by atoms with E-state index in [1.165, 1.54) is 50.7 Å². The number of carbonyl (C=O) groups is 1. The number of nitro groups is 1. The summed E-state index contributed by atoms with van der Waals surface area (Å²) in [5.74, 6) is -0.0905. The van der Waals surface area contributed by atoms with Crippen molar-refractivity contribution in [2.45, 2.75) is 71.6 Å². The van der Waals surface area contributed by atoms with Crippen molar-refractivity contribution >= 4 is 17.3 Å². The SMILES string of the molecule is CCCCCCCCCCC(=O)N/N=C(\C)c1ccc([N+](=O)[O-])cc1. The first kappa shape index (κ1) is 20.8. The minimum atomic E-state index is -0.443. The molecule has 1 rings (SSSR count). The van der Waals surface area contributed by atoms with E-state index in [0.717, 1.165) is 18.4 Å². The molecule has 0 saturated carbocycles. The first-order valence-corrected chi connectivity index (χ1v) is 9.12. The first-order valence-electron chi connectivity index (χ1n) is 9.12. The Hall–Kier alpha value is -2.24. The average Bonchev–Trinajstić information content (AvgIpc) is 2.62. The number of hydrazone groups is 1. The number of nitrogens with one attached hydrogen (secondary N) is 1. The maximum absolute atomic E-state index is 11.8. The van der Waals surface area contributed by atoms with Crippen molar-refractivity contribution < 1.29 is 9.72 Å². The van der Waals surface area contributed by atoms with Crippen LogP contribution in [0.2, 0.25) is 0 Å². The predicted octanol–water partition coefficient (Wildman–Crippen LogP) is 4.97. The van der Waals surface area contributed by atoms with Gasteiger partial charge in [0.25, 0.3) is 5.69 Å². The van der Waals surface area contributed by atoms with E-state index in [1.54, 1.807) is 19.1 Å². The van der Waals surface area contributed by atoms with E-state index in [9.17, 15) is 14.9 Å². The average molecular weight is 347 g/mol. The summed E-state index contributed by atoms with van der Waals surface area (Å²) in [5.41, 5.74) is 3.96. The third kappa shape index (κ3) is 8.98. The van der Waals surface area contributed by atoms with Crippen LogP contribution in [0.5, 0.6) is 0 Å². The van der Waals surface area contributed by atoms with Gasteiger partial charge >= 0.3 is 0 Å². The summed E-state index contributed by atoms with van der Waals surface area (Å²) in [6.45, 7) is 3.97. The number of nitro benzene ring substituents is 1. The van der Waals surface area contributed by atoms with Gasteiger partial charge in [0.05, 0.1) is 10.6 Å². The number of carbonyl (C=O) groups excluding carboxylic acids is 1. The van der Waals surface area contributed by atoms with E-state index in [0.29, 0.717) is 12.1 Å². The van der Waals surface area contributed by atoms with Crippen LogP contribution in [-0.2, 0) is 4.79 Å². The van der Waals surface area contributed by atoms with Crippen LogP contribution in [0.3, 0.4) is 0 Å². The molecule has 0 aliphatic heterocycles. The lowest BCUT2D eigenvalue weighted by Gasteiger charge is -2.04. The molecule has 0 unspecified atom stereocenters. The number of nitrogens with zero attached hydrogens (tertiary/aromatic N) is 2. The Morgan fingerprint density at radius 3 is 2.16 bits per heavy atom. The van der Waals surface area contributed by atoms with Gasteiger partial charge in [-0.2, -0.15) is 5.10 Å². The van der Waals surface area contributed by atoms with E-state index in [1.807, 2.05) is 0 Å². The van der Waals surface area contributed by atoms with Crippen molar-refractivity contribution in [1.82, 2.24) is 5.43 Å². The van der Waals surface area contributed by atoms with E-state index >= 15 is 0 Å². The molecule has 1 amide bonds. The smallest absolute Gasteiger partial charge is 0.269 e. The van der Waals surface area contributed by atoms with Crippen LogP contribution >= 0.6 is 0 Å². The van der Waals surface area contributed by atoms with Gasteiger partial charge in [0, 0.05) is 18.6 Å². The lowest BCUT2D eigenvalue weighted by Crippen LogP contribution is -2.18. The predicted molar refractivity (Wildman–Crippen MR) is 101 cm³/mol. The van der Waals surface area contributed by atoms with Crippen molar-refractivity contribution in [3.63, 3.8) is 0 Å². The maximum Gasteiger partial charge on any atom is 0.269 e. The zero-order chi connectivity index (χ0) is 18.5. The normalized spacial score (nSPS) is 11.4. The monoisotopic (exact) mass is 347 g/mol. The van der Waals surface area contributed by atoms with Crippen LogP contribution in [-0.4, -0.2) is 16.5 Å². The van der Waals surface area contributed by atoms with Crippen LogP contribution in [0.4, 0.5) is 5.69 Å². The number of benzene rings is 1. The molecule has 25 heavy (non-hydrogen) atoms. The molecule has 0 atom stereocenters. The zero-order valence-corrected chi connectivity index (χ0v) is 15.3. The van der Waals surface area contributed by atoms with E-state index in [4.69, 9.17) is 0 Å². The molecule has 0 heterocycles. The Kier molecular flexibility index (Phi) is 10.1. The zero-order valence-electron chi connectivity index (χ0n) is 15.3. The molecule has 138 valence electrons. The lowest BCUT2D eigenvalue weighted by atomic mass is 10.1. The summed E-state index contributed by atoms with van der Waals surface area (Å²) in [6.07, 6.45) is 10.0. The quantitative estimate of drug-likeness (QED) is 0.251. The van der Waals surface area contributed by atoms with Gasteiger partial charge in [-0.05, 0) is 31.0 Å². The Balaban J connectivity index is 2.23. The molecule has 1 aromatic rings. The molecule has 0 aliphatic carbocycles. The topological polar surface area (TPSA) is 84.6 Å². The summed E-state index contributed by atoms with van der Waals surface area (Å²) in [6, 6.07) is 6.11. The molecule has 1 aromatic carbocycles. The van der Waals surface area contributed by atoms with Gasteiger partial charge in [-0.1, -0.05) is 51.9 Å². The number of unbranched alkanes of at least 4 members (excludes halogenated alkanes) is 7. The molecular formula is C19H29N3O3. The Morgan fingerprint density at radius 1 is 1.04 bits per heavy atom. The first-order chi connectivity index (χ1) is 12.0. The third-order valence-electron chi connectivity index (χ3n) is 4.10. The third-order valence-corrected chi connectivity index (χ3v) is 4.10. The van der Waals surface area contributed by atoms with Gasteiger partial charge in [0.15, 0.2) is 0 Å². The highest BCUT2D eigenvalue weighted by Gasteiger charge is 2.06. The van der Waals surface area contributed by atoms with Crippen LogP contribution in [0.25, 0.3) is 0 Å². The van der Waals surface area contributed by atoms with Crippen molar-refractivity contribution in [3.05, 3.63) is 39.9 Å². The van der Waals surface area contributed by atoms with Crippen LogP contribution in [0, 0.1) is 10.1 Å². The maximum atomic E-state index is 11.8. The Labute approximate surface area is 149 Å². The van der Waals surface area contributed by atoms with Gasteiger partial charge in [0.1, 0.15) is 0 Å². The summed E-state index contributed by atoms with van der Waals surface area (Å²) in [4.78, 5) is 22.0. The fourth-order valence-electron chi connectivity index (χ4n) is 2.51. The molecule has 0 bridgehead atoms. The molecule has 6 nitrogen and oxygen atoms in total. The molecule has 0 saturated heterocycles. The molecule has 0 fully saturated rings. The van der Waals surface area contributed by atoms with Gasteiger partial charge < -0.3 is 0 Å². The van der Waals surface area contributed by atoms with Crippen molar-refractivity contribution in [3.8, 4) is 0 Å². The summed E-state index contributed by atoms with van der Waals surface area (Å²) in [5, 5.41) is 14.7. The number of hydrogen-bond donors (Lipinski definition) is 1. The number of rotatable bonds is 12. The van der Waals surface area contributed by atoms with E-state index in [-0.39, 0.29) is 11.6 Å². The Bertz CT molecular complexity index is 568. The Morgan fingerprint density at radius 2 is 1.60 bits per heavy atom. The van der Waals surface area contributed by atoms with E-state index < -0.39 is 4.92 Å². The van der Waals surface area contributed by atoms with Crippen LogP contribution < -0.4 is 5.43 Å². The lowest BCUT2D eigenvalue weighted by molar-refractivity contribution is -0.384. The van der Waals surface area contributed by atoms with Crippen molar-refractivity contribution in [2.75, 3.05) is 0 Å². The highest BCUT2D eigenvalue weighted by molar-refractivity contribution is 5.99. The highest BCUT2D eigenvalue weighted by atomic mass is 16.6. The molecule has 0 radical (unpaired) electrons. The minimum absolute atomic E-state index is 0.0373. The second kappa shape index (κ2) is 12.2.